The van der Waals surface area contributed by atoms with E-state index < -0.39 is 6.03 Å². The lowest BCUT2D eigenvalue weighted by atomic mass is 10.1. The van der Waals surface area contributed by atoms with Crippen LogP contribution in [-0.4, -0.2) is 18.3 Å². The van der Waals surface area contributed by atoms with E-state index in [1.165, 1.54) is 7.11 Å². The van der Waals surface area contributed by atoms with E-state index in [9.17, 15) is 4.79 Å². The zero-order valence-electron chi connectivity index (χ0n) is 14.0. The zero-order valence-corrected chi connectivity index (χ0v) is 15.5. The topological polar surface area (TPSA) is 76.4 Å². The van der Waals surface area contributed by atoms with E-state index in [2.05, 4.69) is 15.8 Å². The highest BCUT2D eigenvalue weighted by molar-refractivity contribution is 6.39. The second kappa shape index (κ2) is 7.68. The molecule has 3 aromatic rings. The first-order valence-electron chi connectivity index (χ1n) is 7.63. The standard InChI is InChI=1S/C18H15Cl2N3O3/c1-10-16(17(23-26-10)15-11(19)6-5-7-12(15)20)22-18(24)21-13-8-3-4-9-14(13)25-2/h3-9H,1-2H3,(H2,21,22,24). The van der Waals surface area contributed by atoms with Gasteiger partial charge in [-0.2, -0.15) is 0 Å². The summed E-state index contributed by atoms with van der Waals surface area (Å²) in [5, 5.41) is 10.3. The molecule has 2 amide bonds. The number of para-hydroxylation sites is 2. The van der Waals surface area contributed by atoms with E-state index in [0.29, 0.717) is 44.2 Å². The van der Waals surface area contributed by atoms with Crippen molar-refractivity contribution in [3.05, 3.63) is 58.3 Å². The van der Waals surface area contributed by atoms with Crippen LogP contribution < -0.4 is 15.4 Å². The predicted octanol–water partition coefficient (Wildman–Crippen LogP) is 5.61. The van der Waals surface area contributed by atoms with Gasteiger partial charge < -0.3 is 19.9 Å². The van der Waals surface area contributed by atoms with Crippen LogP contribution in [0.3, 0.4) is 0 Å². The molecule has 0 aliphatic carbocycles. The maximum atomic E-state index is 12.4. The van der Waals surface area contributed by atoms with Gasteiger partial charge in [0.05, 0.1) is 22.8 Å². The molecule has 0 spiro atoms. The Kier molecular flexibility index (Phi) is 5.35. The minimum atomic E-state index is -0.481. The first kappa shape index (κ1) is 18.1. The number of halogens is 2. The first-order chi connectivity index (χ1) is 12.5. The van der Waals surface area contributed by atoms with Gasteiger partial charge in [0.15, 0.2) is 5.76 Å². The summed E-state index contributed by atoms with van der Waals surface area (Å²) in [7, 11) is 1.53. The third-order valence-electron chi connectivity index (χ3n) is 3.66. The van der Waals surface area contributed by atoms with Gasteiger partial charge in [-0.05, 0) is 31.2 Å². The fourth-order valence-corrected chi connectivity index (χ4v) is 3.01. The second-order valence-electron chi connectivity index (χ2n) is 5.34. The predicted molar refractivity (Wildman–Crippen MR) is 102 cm³/mol. The Morgan fingerprint density at radius 3 is 2.46 bits per heavy atom. The molecule has 0 unspecified atom stereocenters. The van der Waals surface area contributed by atoms with Crippen LogP contribution >= 0.6 is 23.2 Å². The average molecular weight is 392 g/mol. The van der Waals surface area contributed by atoms with Gasteiger partial charge in [0.2, 0.25) is 0 Å². The highest BCUT2D eigenvalue weighted by Crippen LogP contribution is 2.39. The number of aromatic nitrogens is 1. The van der Waals surface area contributed by atoms with E-state index in [4.69, 9.17) is 32.5 Å². The highest BCUT2D eigenvalue weighted by atomic mass is 35.5. The lowest BCUT2D eigenvalue weighted by Crippen LogP contribution is -2.20. The Bertz CT molecular complexity index is 936. The van der Waals surface area contributed by atoms with Crippen LogP contribution in [-0.2, 0) is 0 Å². The van der Waals surface area contributed by atoms with Crippen molar-refractivity contribution in [3.8, 4) is 17.0 Å². The van der Waals surface area contributed by atoms with Crippen molar-refractivity contribution < 1.29 is 14.1 Å². The van der Waals surface area contributed by atoms with E-state index in [1.54, 1.807) is 43.3 Å². The highest BCUT2D eigenvalue weighted by Gasteiger charge is 2.21. The van der Waals surface area contributed by atoms with Gasteiger partial charge in [0.1, 0.15) is 17.1 Å². The number of nitrogens with zero attached hydrogens (tertiary/aromatic N) is 1. The number of hydrogen-bond donors (Lipinski definition) is 2. The molecule has 0 aliphatic heterocycles. The first-order valence-corrected chi connectivity index (χ1v) is 8.38. The molecule has 0 saturated heterocycles. The van der Waals surface area contributed by atoms with Gasteiger partial charge in [-0.3, -0.25) is 0 Å². The van der Waals surface area contributed by atoms with Gasteiger partial charge in [-0.25, -0.2) is 4.79 Å². The number of aryl methyl sites for hydroxylation is 1. The van der Waals surface area contributed by atoms with E-state index in [-0.39, 0.29) is 0 Å². The number of anilines is 2. The Morgan fingerprint density at radius 2 is 1.77 bits per heavy atom. The van der Waals surface area contributed by atoms with Crippen molar-refractivity contribution in [1.29, 1.82) is 0 Å². The zero-order chi connectivity index (χ0) is 18.7. The molecule has 8 heteroatoms. The molecule has 0 radical (unpaired) electrons. The van der Waals surface area contributed by atoms with Crippen molar-refractivity contribution in [2.45, 2.75) is 6.92 Å². The molecule has 0 atom stereocenters. The molecule has 0 aliphatic rings. The summed E-state index contributed by atoms with van der Waals surface area (Å²) in [6, 6.07) is 11.7. The van der Waals surface area contributed by atoms with Crippen LogP contribution in [0, 0.1) is 6.92 Å². The number of amides is 2. The number of ether oxygens (including phenoxy) is 1. The third-order valence-corrected chi connectivity index (χ3v) is 4.29. The summed E-state index contributed by atoms with van der Waals surface area (Å²) < 4.78 is 10.4. The Morgan fingerprint density at radius 1 is 1.08 bits per heavy atom. The summed E-state index contributed by atoms with van der Waals surface area (Å²) in [5.74, 6) is 0.963. The monoisotopic (exact) mass is 391 g/mol. The third kappa shape index (κ3) is 3.61. The van der Waals surface area contributed by atoms with Crippen molar-refractivity contribution in [1.82, 2.24) is 5.16 Å². The van der Waals surface area contributed by atoms with Gasteiger partial charge >= 0.3 is 6.03 Å². The molecule has 134 valence electrons. The fraction of sp³-hybridized carbons (Fsp3) is 0.111. The number of carbonyl (C=O) groups excluding carboxylic acids is 1. The van der Waals surface area contributed by atoms with Gasteiger partial charge in [0.25, 0.3) is 0 Å². The van der Waals surface area contributed by atoms with Crippen molar-refractivity contribution in [2.24, 2.45) is 0 Å². The average Bonchev–Trinajstić information content (AvgIpc) is 2.96. The second-order valence-corrected chi connectivity index (χ2v) is 6.15. The molecular formula is C18H15Cl2N3O3. The fourth-order valence-electron chi connectivity index (χ4n) is 2.43. The molecule has 26 heavy (non-hydrogen) atoms. The summed E-state index contributed by atoms with van der Waals surface area (Å²) in [6.07, 6.45) is 0. The molecule has 2 aromatic carbocycles. The molecule has 2 N–H and O–H groups in total. The van der Waals surface area contributed by atoms with E-state index >= 15 is 0 Å². The number of carbonyl (C=O) groups is 1. The van der Waals surface area contributed by atoms with Gasteiger partial charge in [0, 0.05) is 5.56 Å². The Balaban J connectivity index is 1.89. The number of methoxy groups -OCH3 is 1. The lowest BCUT2D eigenvalue weighted by Gasteiger charge is -2.11. The van der Waals surface area contributed by atoms with Crippen LogP contribution in [0.2, 0.25) is 10.0 Å². The van der Waals surface area contributed by atoms with Crippen molar-refractivity contribution in [3.63, 3.8) is 0 Å². The van der Waals surface area contributed by atoms with Crippen LogP contribution in [0.4, 0.5) is 16.2 Å². The summed E-state index contributed by atoms with van der Waals surface area (Å²) in [4.78, 5) is 12.4. The number of hydrogen-bond acceptors (Lipinski definition) is 4. The largest absolute Gasteiger partial charge is 0.495 e. The molecule has 3 rings (SSSR count). The van der Waals surface area contributed by atoms with Crippen LogP contribution in [0.1, 0.15) is 5.76 Å². The number of rotatable bonds is 4. The maximum absolute atomic E-state index is 12.4. The van der Waals surface area contributed by atoms with Crippen molar-refractivity contribution in [2.75, 3.05) is 17.7 Å². The molecule has 1 heterocycles. The molecule has 0 bridgehead atoms. The van der Waals surface area contributed by atoms with Crippen molar-refractivity contribution >= 4 is 40.6 Å². The Labute approximate surface area is 160 Å². The normalized spacial score (nSPS) is 10.5. The summed E-state index contributed by atoms with van der Waals surface area (Å²) >= 11 is 12.5. The van der Waals surface area contributed by atoms with Crippen LogP contribution in [0.15, 0.2) is 47.0 Å². The number of nitrogens with one attached hydrogen (secondary N) is 2. The van der Waals surface area contributed by atoms with E-state index in [0.717, 1.165) is 0 Å². The molecule has 0 fully saturated rings. The summed E-state index contributed by atoms with van der Waals surface area (Å²) in [5.41, 5.74) is 1.75. The minimum absolute atomic E-state index is 0.355. The SMILES string of the molecule is COc1ccccc1NC(=O)Nc1c(-c2c(Cl)cccc2Cl)noc1C. The Hall–Kier alpha value is -2.70. The van der Waals surface area contributed by atoms with Gasteiger partial charge in [-0.15, -0.1) is 0 Å². The summed E-state index contributed by atoms with van der Waals surface area (Å²) in [6.45, 7) is 1.68. The smallest absolute Gasteiger partial charge is 0.323 e. The van der Waals surface area contributed by atoms with Crippen LogP contribution in [0.25, 0.3) is 11.3 Å². The molecule has 0 saturated carbocycles. The molecule has 6 nitrogen and oxygen atoms in total. The maximum Gasteiger partial charge on any atom is 0.323 e. The quantitative estimate of drug-likeness (QED) is 0.605. The number of urea groups is 1. The lowest BCUT2D eigenvalue weighted by molar-refractivity contribution is 0.262. The van der Waals surface area contributed by atoms with Gasteiger partial charge in [-0.1, -0.05) is 46.6 Å². The van der Waals surface area contributed by atoms with Crippen LogP contribution in [0.5, 0.6) is 5.75 Å². The molecule has 1 aromatic heterocycles. The van der Waals surface area contributed by atoms with E-state index in [1.807, 2.05) is 6.07 Å². The number of benzene rings is 2. The minimum Gasteiger partial charge on any atom is -0.495 e. The molecular weight excluding hydrogens is 377 g/mol.